The Hall–Kier alpha value is -1.92. The van der Waals surface area contributed by atoms with Gasteiger partial charge in [-0.25, -0.2) is 13.1 Å². The summed E-state index contributed by atoms with van der Waals surface area (Å²) in [6.45, 7) is 2.80. The number of hydrogen-bond acceptors (Lipinski definition) is 4. The molecule has 1 aliphatic rings. The van der Waals surface area contributed by atoms with Crippen molar-refractivity contribution in [1.82, 2.24) is 15.1 Å². The number of benzene rings is 1. The van der Waals surface area contributed by atoms with Crippen LogP contribution in [0.4, 0.5) is 0 Å². The van der Waals surface area contributed by atoms with E-state index in [0.717, 1.165) is 17.7 Å². The van der Waals surface area contributed by atoms with Gasteiger partial charge < -0.3 is 5.32 Å². The lowest BCUT2D eigenvalue weighted by Gasteiger charge is -2.08. The van der Waals surface area contributed by atoms with E-state index in [4.69, 9.17) is 0 Å². The second-order valence-electron chi connectivity index (χ2n) is 6.21. The molecule has 0 spiro atoms. The second-order valence-corrected chi connectivity index (χ2v) is 8.14. The molecule has 128 valence electrons. The molecule has 1 atom stereocenters. The van der Waals surface area contributed by atoms with Crippen LogP contribution in [0.2, 0.25) is 0 Å². The highest BCUT2D eigenvalue weighted by atomic mass is 32.2. The van der Waals surface area contributed by atoms with E-state index >= 15 is 0 Å². The molecule has 3 rings (SSSR count). The third kappa shape index (κ3) is 4.33. The molecule has 24 heavy (non-hydrogen) atoms. The zero-order valence-electron chi connectivity index (χ0n) is 13.9. The summed E-state index contributed by atoms with van der Waals surface area (Å²) in [5.41, 5.74) is 3.41. The van der Waals surface area contributed by atoms with Crippen molar-refractivity contribution in [1.29, 1.82) is 0 Å². The standard InChI is InChI=1S/C18H23N3O2S/c1-2-3-4-15-5-7-18(8-6-15)21-13-16(12-20-21)11-19-17-9-10-24(22,23)14-17/h5-10,12-13,17,19H,2-4,11,14H2,1H3. The topological polar surface area (TPSA) is 64.0 Å². The zero-order valence-corrected chi connectivity index (χ0v) is 14.7. The molecule has 1 aliphatic heterocycles. The Bertz CT molecular complexity index is 807. The van der Waals surface area contributed by atoms with E-state index in [0.29, 0.717) is 6.54 Å². The van der Waals surface area contributed by atoms with Gasteiger partial charge in [0.15, 0.2) is 9.84 Å². The Morgan fingerprint density at radius 3 is 2.71 bits per heavy atom. The molecule has 2 aromatic rings. The van der Waals surface area contributed by atoms with Crippen LogP contribution in [0.15, 0.2) is 48.1 Å². The van der Waals surface area contributed by atoms with E-state index < -0.39 is 9.84 Å². The lowest BCUT2D eigenvalue weighted by atomic mass is 10.1. The minimum absolute atomic E-state index is 0.115. The molecule has 5 nitrogen and oxygen atoms in total. The third-order valence-electron chi connectivity index (χ3n) is 4.15. The van der Waals surface area contributed by atoms with Gasteiger partial charge in [0.2, 0.25) is 0 Å². The number of nitrogens with one attached hydrogen (secondary N) is 1. The Morgan fingerprint density at radius 1 is 1.25 bits per heavy atom. The number of aromatic nitrogens is 2. The average Bonchev–Trinajstić information content (AvgIpc) is 3.18. The first-order valence-electron chi connectivity index (χ1n) is 8.33. The summed E-state index contributed by atoms with van der Waals surface area (Å²) >= 11 is 0. The van der Waals surface area contributed by atoms with Gasteiger partial charge in [-0.3, -0.25) is 0 Å². The minimum atomic E-state index is -3.01. The van der Waals surface area contributed by atoms with Gasteiger partial charge in [0, 0.05) is 29.8 Å². The first kappa shape index (κ1) is 16.9. The van der Waals surface area contributed by atoms with Crippen LogP contribution in [0.1, 0.15) is 30.9 Å². The largest absolute Gasteiger partial charge is 0.305 e. The number of nitrogens with zero attached hydrogens (tertiary/aromatic N) is 2. The molecule has 0 amide bonds. The van der Waals surface area contributed by atoms with Crippen molar-refractivity contribution in [2.45, 2.75) is 38.8 Å². The highest BCUT2D eigenvalue weighted by molar-refractivity contribution is 7.94. The molecule has 6 heteroatoms. The third-order valence-corrected chi connectivity index (χ3v) is 5.55. The summed E-state index contributed by atoms with van der Waals surface area (Å²) in [5, 5.41) is 8.91. The van der Waals surface area contributed by atoms with Crippen molar-refractivity contribution in [2.75, 3.05) is 5.75 Å². The number of sulfone groups is 1. The first-order valence-corrected chi connectivity index (χ1v) is 10.0. The average molecular weight is 345 g/mol. The quantitative estimate of drug-likeness (QED) is 0.838. The molecule has 1 aromatic heterocycles. The van der Waals surface area contributed by atoms with Gasteiger partial charge in [-0.2, -0.15) is 5.10 Å². The van der Waals surface area contributed by atoms with Crippen LogP contribution in [-0.4, -0.2) is 30.0 Å². The predicted molar refractivity (Wildman–Crippen MR) is 95.7 cm³/mol. The van der Waals surface area contributed by atoms with Crippen molar-refractivity contribution in [3.05, 3.63) is 59.3 Å². The van der Waals surface area contributed by atoms with E-state index in [1.807, 2.05) is 17.1 Å². The number of aryl methyl sites for hydroxylation is 1. The lowest BCUT2D eigenvalue weighted by molar-refractivity contribution is 0.590. The first-order chi connectivity index (χ1) is 11.6. The molecule has 0 saturated heterocycles. The van der Waals surface area contributed by atoms with Crippen LogP contribution in [0.5, 0.6) is 0 Å². The molecular weight excluding hydrogens is 322 g/mol. The number of unbranched alkanes of at least 4 members (excludes halogenated alkanes) is 1. The normalized spacial score (nSPS) is 19.0. The molecule has 0 radical (unpaired) electrons. The van der Waals surface area contributed by atoms with Gasteiger partial charge in [-0.05, 0) is 30.5 Å². The smallest absolute Gasteiger partial charge is 0.173 e. The van der Waals surface area contributed by atoms with Crippen molar-refractivity contribution < 1.29 is 8.42 Å². The van der Waals surface area contributed by atoms with Gasteiger partial charge in [0.1, 0.15) is 0 Å². The summed E-state index contributed by atoms with van der Waals surface area (Å²) < 4.78 is 24.6. The number of hydrogen-bond donors (Lipinski definition) is 1. The Kier molecular flexibility index (Phi) is 5.16. The van der Waals surface area contributed by atoms with Crippen LogP contribution in [0.3, 0.4) is 0 Å². The summed E-state index contributed by atoms with van der Waals surface area (Å²) in [7, 11) is -3.01. The van der Waals surface area contributed by atoms with Gasteiger partial charge >= 0.3 is 0 Å². The fraction of sp³-hybridized carbons (Fsp3) is 0.389. The SMILES string of the molecule is CCCCc1ccc(-n2cc(CNC3C=CS(=O)(=O)C3)cn2)cc1. The highest BCUT2D eigenvalue weighted by Crippen LogP contribution is 2.13. The molecule has 1 N–H and O–H groups in total. The zero-order chi connectivity index (χ0) is 17.0. The molecule has 0 aliphatic carbocycles. The van der Waals surface area contributed by atoms with Crippen LogP contribution >= 0.6 is 0 Å². The van der Waals surface area contributed by atoms with Gasteiger partial charge in [-0.15, -0.1) is 0 Å². The van der Waals surface area contributed by atoms with E-state index in [9.17, 15) is 8.42 Å². The summed E-state index contributed by atoms with van der Waals surface area (Å²) in [6.07, 6.45) is 9.01. The monoisotopic (exact) mass is 345 g/mol. The minimum Gasteiger partial charge on any atom is -0.305 e. The van der Waals surface area contributed by atoms with E-state index in [1.54, 1.807) is 6.08 Å². The Balaban J connectivity index is 1.58. The van der Waals surface area contributed by atoms with Gasteiger partial charge in [-0.1, -0.05) is 31.6 Å². The molecule has 0 fully saturated rings. The molecule has 2 heterocycles. The van der Waals surface area contributed by atoms with E-state index in [-0.39, 0.29) is 11.8 Å². The van der Waals surface area contributed by atoms with Crippen molar-refractivity contribution in [3.63, 3.8) is 0 Å². The van der Waals surface area contributed by atoms with Crippen LogP contribution in [-0.2, 0) is 22.8 Å². The lowest BCUT2D eigenvalue weighted by Crippen LogP contribution is -2.29. The van der Waals surface area contributed by atoms with E-state index in [2.05, 4.69) is 41.6 Å². The molecule has 1 aromatic carbocycles. The second kappa shape index (κ2) is 7.32. The molecule has 0 bridgehead atoms. The Morgan fingerprint density at radius 2 is 2.04 bits per heavy atom. The maximum absolute atomic E-state index is 11.4. The van der Waals surface area contributed by atoms with Crippen molar-refractivity contribution in [3.8, 4) is 5.69 Å². The van der Waals surface area contributed by atoms with Crippen LogP contribution in [0.25, 0.3) is 5.69 Å². The predicted octanol–water partition coefficient (Wildman–Crippen LogP) is 2.62. The Labute approximate surface area is 143 Å². The molecule has 0 saturated carbocycles. The molecule has 1 unspecified atom stereocenters. The van der Waals surface area contributed by atoms with Gasteiger partial charge in [0.05, 0.1) is 17.6 Å². The van der Waals surface area contributed by atoms with E-state index in [1.165, 1.54) is 23.8 Å². The van der Waals surface area contributed by atoms with Crippen molar-refractivity contribution in [2.24, 2.45) is 0 Å². The number of rotatable bonds is 7. The van der Waals surface area contributed by atoms with Gasteiger partial charge in [0.25, 0.3) is 0 Å². The maximum Gasteiger partial charge on any atom is 0.173 e. The van der Waals surface area contributed by atoms with Crippen molar-refractivity contribution >= 4 is 9.84 Å². The molecular formula is C18H23N3O2S. The fourth-order valence-corrected chi connectivity index (χ4v) is 4.01. The highest BCUT2D eigenvalue weighted by Gasteiger charge is 2.20. The summed E-state index contributed by atoms with van der Waals surface area (Å²) in [5.74, 6) is 0.139. The maximum atomic E-state index is 11.4. The van der Waals surface area contributed by atoms with Crippen LogP contribution in [0, 0.1) is 0 Å². The fourth-order valence-electron chi connectivity index (χ4n) is 2.74. The summed E-state index contributed by atoms with van der Waals surface area (Å²) in [6, 6.07) is 8.36. The summed E-state index contributed by atoms with van der Waals surface area (Å²) in [4.78, 5) is 0. The van der Waals surface area contributed by atoms with Crippen LogP contribution < -0.4 is 5.32 Å².